The zero-order valence-electron chi connectivity index (χ0n) is 64.4. The molecule has 0 aromatic heterocycles. The summed E-state index contributed by atoms with van der Waals surface area (Å²) in [6.45, 7) is 4.68. The van der Waals surface area contributed by atoms with Gasteiger partial charge < -0.3 is 33.3 Å². The van der Waals surface area contributed by atoms with E-state index in [-0.39, 0.29) is 32.2 Å². The molecule has 97 heavy (non-hydrogen) atoms. The molecule has 2 atom stereocenters. The number of hydrogen-bond acceptors (Lipinski definition) is 8. The summed E-state index contributed by atoms with van der Waals surface area (Å²) in [5.74, 6) is -2.26. The van der Waals surface area contributed by atoms with Crippen LogP contribution in [0.15, 0.2) is 97.2 Å². The Labute approximate surface area is 601 Å². The van der Waals surface area contributed by atoms with Crippen LogP contribution < -0.4 is 5.11 Å². The van der Waals surface area contributed by atoms with Crippen molar-refractivity contribution in [3.63, 3.8) is 0 Å². The molecule has 9 nitrogen and oxygen atoms in total. The number of quaternary nitrogens is 1. The summed E-state index contributed by atoms with van der Waals surface area (Å²) in [6.07, 6.45) is 105. The molecule has 0 saturated carbocycles. The number of rotatable bonds is 77. The summed E-state index contributed by atoms with van der Waals surface area (Å²) in [5, 5.41) is 11.9. The van der Waals surface area contributed by atoms with Crippen molar-refractivity contribution >= 4 is 17.9 Å². The van der Waals surface area contributed by atoms with Crippen LogP contribution in [-0.2, 0) is 33.3 Å². The van der Waals surface area contributed by atoms with Crippen molar-refractivity contribution in [3.8, 4) is 0 Å². The molecular weight excluding hydrogens is 1200 g/mol. The van der Waals surface area contributed by atoms with Crippen LogP contribution in [0.25, 0.3) is 0 Å². The SMILES string of the molecule is CC/C=C\C/C=C\C/C=C\C/C=C\C/C=C\CCCCCCCCCCCCCCCCCCCC(=O)OC(COC(=O)CCCCCCCCCCCCCCCCCCCCCCCCCC/C=C\C/C=C\C/C=C\CCCCCCC)COC(OCC[N+](C)(C)C)C(=O)[O-]. The third-order valence-electron chi connectivity index (χ3n) is 18.3. The van der Waals surface area contributed by atoms with E-state index in [4.69, 9.17) is 18.9 Å². The number of allylic oxidation sites excluding steroid dienone is 16. The Morgan fingerprint density at radius 2 is 0.588 bits per heavy atom. The van der Waals surface area contributed by atoms with Crippen molar-refractivity contribution in [2.45, 2.75) is 399 Å². The molecule has 9 heteroatoms. The number of esters is 2. The predicted octanol–water partition coefficient (Wildman–Crippen LogP) is 25.4. The molecule has 562 valence electrons. The van der Waals surface area contributed by atoms with Gasteiger partial charge in [0.1, 0.15) is 13.2 Å². The van der Waals surface area contributed by atoms with Gasteiger partial charge in [0.05, 0.1) is 40.3 Å². The molecule has 2 unspecified atom stereocenters. The lowest BCUT2D eigenvalue weighted by Crippen LogP contribution is -2.44. The predicted molar refractivity (Wildman–Crippen MR) is 417 cm³/mol. The van der Waals surface area contributed by atoms with Crippen LogP contribution in [0.2, 0.25) is 0 Å². The van der Waals surface area contributed by atoms with Crippen molar-refractivity contribution in [1.82, 2.24) is 0 Å². The van der Waals surface area contributed by atoms with E-state index in [1.54, 1.807) is 0 Å². The second-order valence-electron chi connectivity index (χ2n) is 29.0. The largest absolute Gasteiger partial charge is 0.545 e. The van der Waals surface area contributed by atoms with Gasteiger partial charge in [0, 0.05) is 12.8 Å². The molecule has 0 N–H and O–H groups in total. The maximum Gasteiger partial charge on any atom is 0.306 e. The lowest BCUT2D eigenvalue weighted by Gasteiger charge is -2.26. The van der Waals surface area contributed by atoms with Crippen LogP contribution in [0.1, 0.15) is 386 Å². The lowest BCUT2D eigenvalue weighted by molar-refractivity contribution is -0.870. The van der Waals surface area contributed by atoms with Crippen LogP contribution in [-0.4, -0.2) is 82.3 Å². The molecular formula is C88H157NO8. The minimum atomic E-state index is -1.62. The fraction of sp³-hybridized carbons (Fsp3) is 0.784. The Hall–Kier alpha value is -3.79. The van der Waals surface area contributed by atoms with Gasteiger partial charge in [0.25, 0.3) is 0 Å². The molecule has 0 spiro atoms. The molecule has 0 amide bonds. The maximum absolute atomic E-state index is 13.0. The monoisotopic (exact) mass is 1360 g/mol. The molecule has 0 aliphatic rings. The Morgan fingerprint density at radius 3 is 0.876 bits per heavy atom. The summed E-state index contributed by atoms with van der Waals surface area (Å²) in [6, 6.07) is 0. The van der Waals surface area contributed by atoms with E-state index in [1.807, 2.05) is 21.1 Å². The van der Waals surface area contributed by atoms with Crippen LogP contribution >= 0.6 is 0 Å². The quantitative estimate of drug-likeness (QED) is 0.0195. The zero-order chi connectivity index (χ0) is 70.4. The van der Waals surface area contributed by atoms with Gasteiger partial charge in [-0.15, -0.1) is 0 Å². The normalized spacial score (nSPS) is 13.1. The fourth-order valence-corrected chi connectivity index (χ4v) is 12.0. The molecule has 0 rings (SSSR count). The third-order valence-corrected chi connectivity index (χ3v) is 18.3. The average Bonchev–Trinajstić information content (AvgIpc) is 2.59. The number of carbonyl (C=O) groups is 3. The summed E-state index contributed by atoms with van der Waals surface area (Å²) >= 11 is 0. The van der Waals surface area contributed by atoms with E-state index in [2.05, 4.69) is 111 Å². The molecule has 0 bridgehead atoms. The van der Waals surface area contributed by atoms with Crippen LogP contribution in [0, 0.1) is 0 Å². The second kappa shape index (κ2) is 77.9. The van der Waals surface area contributed by atoms with Gasteiger partial charge in [-0.1, -0.05) is 374 Å². The van der Waals surface area contributed by atoms with Crippen molar-refractivity contribution in [2.24, 2.45) is 0 Å². The number of unbranched alkanes of at least 4 members (excludes halogenated alkanes) is 46. The first-order valence-electron chi connectivity index (χ1n) is 41.4. The van der Waals surface area contributed by atoms with Crippen LogP contribution in [0.3, 0.4) is 0 Å². The van der Waals surface area contributed by atoms with Gasteiger partial charge in [0.15, 0.2) is 12.4 Å². The summed E-state index contributed by atoms with van der Waals surface area (Å²) in [5.41, 5.74) is 0. The number of carboxylic acids is 1. The van der Waals surface area contributed by atoms with E-state index in [0.29, 0.717) is 23.9 Å². The fourth-order valence-electron chi connectivity index (χ4n) is 12.0. The lowest BCUT2D eigenvalue weighted by atomic mass is 10.0. The second-order valence-corrected chi connectivity index (χ2v) is 29.0. The van der Waals surface area contributed by atoms with Crippen molar-refractivity contribution in [2.75, 3.05) is 47.5 Å². The minimum absolute atomic E-state index is 0.148. The number of ether oxygens (including phenoxy) is 4. The highest BCUT2D eigenvalue weighted by Crippen LogP contribution is 2.19. The van der Waals surface area contributed by atoms with Crippen molar-refractivity contribution in [3.05, 3.63) is 97.2 Å². The highest BCUT2D eigenvalue weighted by molar-refractivity contribution is 5.70. The van der Waals surface area contributed by atoms with Gasteiger partial charge >= 0.3 is 11.9 Å². The van der Waals surface area contributed by atoms with E-state index in [9.17, 15) is 19.5 Å². The topological polar surface area (TPSA) is 111 Å². The highest BCUT2D eigenvalue weighted by atomic mass is 16.7. The number of carboxylic acid groups (broad SMARTS) is 1. The Kier molecular flexibility index (Phi) is 74.9. The van der Waals surface area contributed by atoms with Gasteiger partial charge in [0.2, 0.25) is 0 Å². The van der Waals surface area contributed by atoms with Crippen molar-refractivity contribution < 1.29 is 42.9 Å². The molecule has 0 heterocycles. The molecule has 0 saturated heterocycles. The summed E-state index contributed by atoms with van der Waals surface area (Å²) in [4.78, 5) is 37.6. The molecule has 0 aromatic rings. The first-order valence-corrected chi connectivity index (χ1v) is 41.4. The first-order chi connectivity index (χ1) is 47.6. The van der Waals surface area contributed by atoms with Gasteiger partial charge in [-0.05, 0) is 96.3 Å². The summed E-state index contributed by atoms with van der Waals surface area (Å²) < 4.78 is 22.9. The van der Waals surface area contributed by atoms with E-state index < -0.39 is 24.3 Å². The highest BCUT2D eigenvalue weighted by Gasteiger charge is 2.22. The van der Waals surface area contributed by atoms with Gasteiger partial charge in [-0.25, -0.2) is 0 Å². The van der Waals surface area contributed by atoms with E-state index >= 15 is 0 Å². The molecule has 0 radical (unpaired) electrons. The number of likely N-dealkylation sites (N-methyl/N-ethyl adjacent to an activating group) is 1. The number of aliphatic carboxylic acids is 1. The van der Waals surface area contributed by atoms with Gasteiger partial charge in [-0.3, -0.25) is 9.59 Å². The molecule has 0 fully saturated rings. The third kappa shape index (κ3) is 79.4. The Morgan fingerprint density at radius 1 is 0.320 bits per heavy atom. The maximum atomic E-state index is 13.0. The smallest absolute Gasteiger partial charge is 0.306 e. The molecule has 0 aliphatic carbocycles. The first kappa shape index (κ1) is 93.2. The molecule has 0 aromatic carbocycles. The van der Waals surface area contributed by atoms with E-state index in [1.165, 1.54) is 276 Å². The Bertz CT molecular complexity index is 1920. The van der Waals surface area contributed by atoms with E-state index in [0.717, 1.165) is 77.0 Å². The van der Waals surface area contributed by atoms with Gasteiger partial charge in [-0.2, -0.15) is 0 Å². The average molecular weight is 1360 g/mol. The zero-order valence-corrected chi connectivity index (χ0v) is 64.4. The Balaban J connectivity index is 3.97. The van der Waals surface area contributed by atoms with Crippen LogP contribution in [0.4, 0.5) is 0 Å². The standard InChI is InChI=1S/C88H157NO8/c1-6-8-10-12-14-16-18-20-22-24-26-28-30-32-34-36-38-40-41-42-43-44-45-47-48-50-52-54-56-58-60-62-64-66-68-70-72-74-76-78-85(90)95-82-84(83-96-88(87(92)93)94-81-80-89(3,4)5)97-86(91)79-77-75-73-71-69-67-65-63-61-59-57-55-53-51-49-46-39-37-35-33-31-29-27-25-23-21-19-17-15-13-11-9-7-2/h9,11,15,17-18,20-21,23-24,26-27,29-30,32-33,35,84,88H,6-8,10,12-14,16,19,22,25,28,31,34,36-83H2,1-5H3/b11-9-,17-15-,20-18-,23-21-,26-24-,29-27-,32-30-,35-33-. The molecule has 0 aliphatic heterocycles. The van der Waals surface area contributed by atoms with Crippen molar-refractivity contribution in [1.29, 1.82) is 0 Å². The summed E-state index contributed by atoms with van der Waals surface area (Å²) in [7, 11) is 5.95. The number of nitrogens with zero attached hydrogens (tertiary/aromatic N) is 1. The van der Waals surface area contributed by atoms with Crippen LogP contribution in [0.5, 0.6) is 0 Å². The minimum Gasteiger partial charge on any atom is -0.545 e. The number of hydrogen-bond donors (Lipinski definition) is 0. The number of carbonyl (C=O) groups excluding carboxylic acids is 3.